The van der Waals surface area contributed by atoms with Gasteiger partial charge in [0.1, 0.15) is 5.60 Å². The van der Waals surface area contributed by atoms with Gasteiger partial charge in [-0.2, -0.15) is 0 Å². The van der Waals surface area contributed by atoms with Gasteiger partial charge in [0.05, 0.1) is 0 Å². The second kappa shape index (κ2) is 5.92. The van der Waals surface area contributed by atoms with Crippen LogP contribution in [0, 0.1) is 0 Å². The van der Waals surface area contributed by atoms with Crippen LogP contribution in [0.15, 0.2) is 0 Å². The lowest BCUT2D eigenvalue weighted by Crippen LogP contribution is -2.53. The van der Waals surface area contributed by atoms with Gasteiger partial charge in [0.25, 0.3) is 0 Å². The summed E-state index contributed by atoms with van der Waals surface area (Å²) in [6.07, 6.45) is 4.39. The van der Waals surface area contributed by atoms with E-state index in [4.69, 9.17) is 4.74 Å². The van der Waals surface area contributed by atoms with E-state index in [-0.39, 0.29) is 6.09 Å². The van der Waals surface area contributed by atoms with E-state index in [0.29, 0.717) is 18.1 Å². The summed E-state index contributed by atoms with van der Waals surface area (Å²) in [5.41, 5.74) is -0.397. The highest BCUT2D eigenvalue weighted by molar-refractivity contribution is 5.69. The lowest BCUT2D eigenvalue weighted by molar-refractivity contribution is -0.00336. The van der Waals surface area contributed by atoms with E-state index < -0.39 is 5.60 Å². The highest BCUT2D eigenvalue weighted by atomic mass is 16.6. The molecule has 0 aliphatic carbocycles. The van der Waals surface area contributed by atoms with Crippen molar-refractivity contribution in [3.05, 3.63) is 0 Å². The van der Waals surface area contributed by atoms with Gasteiger partial charge in [-0.05, 0) is 59.5 Å². The third kappa shape index (κ3) is 3.27. The number of hydrogen-bond donors (Lipinski definition) is 0. The molecule has 2 heterocycles. The third-order valence-electron chi connectivity index (χ3n) is 4.64. The van der Waals surface area contributed by atoms with Crippen LogP contribution in [0.5, 0.6) is 0 Å². The summed E-state index contributed by atoms with van der Waals surface area (Å²) in [5.74, 6) is 0. The Bertz CT molecular complexity index is 333. The number of rotatable bonds is 3. The third-order valence-corrected chi connectivity index (χ3v) is 4.64. The summed E-state index contributed by atoms with van der Waals surface area (Å²) in [6, 6.07) is 1.41. The molecule has 0 aromatic carbocycles. The van der Waals surface area contributed by atoms with Crippen molar-refractivity contribution >= 4 is 6.09 Å². The van der Waals surface area contributed by atoms with Gasteiger partial charge >= 0.3 is 6.09 Å². The zero-order chi connectivity index (χ0) is 14.9. The first-order valence-electron chi connectivity index (χ1n) is 8.11. The maximum atomic E-state index is 12.4. The first-order chi connectivity index (χ1) is 9.35. The molecule has 0 aromatic rings. The van der Waals surface area contributed by atoms with Crippen LogP contribution in [0.2, 0.25) is 0 Å². The number of carbonyl (C=O) groups excluding carboxylic acids is 1. The molecule has 0 radical (unpaired) electrons. The van der Waals surface area contributed by atoms with Crippen molar-refractivity contribution in [3.63, 3.8) is 0 Å². The second-order valence-corrected chi connectivity index (χ2v) is 7.12. The molecule has 2 saturated heterocycles. The monoisotopic (exact) mass is 282 g/mol. The molecular formula is C16H30N2O2. The maximum Gasteiger partial charge on any atom is 0.410 e. The molecule has 20 heavy (non-hydrogen) atoms. The molecule has 3 atom stereocenters. The molecular weight excluding hydrogens is 252 g/mol. The number of carbonyl (C=O) groups is 1. The summed E-state index contributed by atoms with van der Waals surface area (Å²) < 4.78 is 5.58. The van der Waals surface area contributed by atoms with Crippen LogP contribution >= 0.6 is 0 Å². The van der Waals surface area contributed by atoms with Crippen LogP contribution in [-0.2, 0) is 4.74 Å². The van der Waals surface area contributed by atoms with E-state index in [1.807, 2.05) is 25.7 Å². The molecule has 2 bridgehead atoms. The molecule has 2 aliphatic heterocycles. The van der Waals surface area contributed by atoms with Crippen molar-refractivity contribution in [2.45, 2.75) is 84.0 Å². The molecule has 0 saturated carbocycles. The number of hydrogen-bond acceptors (Lipinski definition) is 3. The molecule has 0 aromatic heterocycles. The molecule has 0 N–H and O–H groups in total. The van der Waals surface area contributed by atoms with Crippen molar-refractivity contribution in [1.82, 2.24) is 9.80 Å². The van der Waals surface area contributed by atoms with Crippen LogP contribution in [0.25, 0.3) is 0 Å². The van der Waals surface area contributed by atoms with Gasteiger partial charge in [0.2, 0.25) is 0 Å². The first-order valence-corrected chi connectivity index (χ1v) is 8.11. The van der Waals surface area contributed by atoms with E-state index in [1.165, 1.54) is 0 Å². The molecule has 2 fully saturated rings. The van der Waals surface area contributed by atoms with Crippen LogP contribution < -0.4 is 0 Å². The summed E-state index contributed by atoms with van der Waals surface area (Å²) in [7, 11) is 0. The average molecular weight is 282 g/mol. The van der Waals surface area contributed by atoms with Gasteiger partial charge in [0.15, 0.2) is 0 Å². The number of piperidine rings is 1. The summed E-state index contributed by atoms with van der Waals surface area (Å²) in [4.78, 5) is 17.0. The van der Waals surface area contributed by atoms with E-state index in [9.17, 15) is 4.79 Å². The Hall–Kier alpha value is -0.770. The molecule has 0 unspecified atom stereocenters. The summed E-state index contributed by atoms with van der Waals surface area (Å²) in [5, 5.41) is 0. The smallest absolute Gasteiger partial charge is 0.410 e. The summed E-state index contributed by atoms with van der Waals surface area (Å²) in [6.45, 7) is 12.5. The molecule has 4 nitrogen and oxygen atoms in total. The van der Waals surface area contributed by atoms with Crippen LogP contribution in [0.1, 0.15) is 60.3 Å². The molecule has 116 valence electrons. The zero-order valence-corrected chi connectivity index (χ0v) is 13.7. The average Bonchev–Trinajstić information content (AvgIpc) is 2.61. The summed E-state index contributed by atoms with van der Waals surface area (Å²) >= 11 is 0. The van der Waals surface area contributed by atoms with Crippen molar-refractivity contribution in [2.75, 3.05) is 13.1 Å². The maximum absolute atomic E-state index is 12.4. The van der Waals surface area contributed by atoms with Gasteiger partial charge in [-0.25, -0.2) is 4.79 Å². The predicted molar refractivity (Wildman–Crippen MR) is 80.8 cm³/mol. The molecule has 4 heteroatoms. The fraction of sp³-hybridized carbons (Fsp3) is 0.938. The molecule has 2 rings (SSSR count). The minimum Gasteiger partial charge on any atom is -0.444 e. The number of ether oxygens (including phenoxy) is 1. The largest absolute Gasteiger partial charge is 0.444 e. The minimum atomic E-state index is -0.397. The number of nitrogens with zero attached hydrogens (tertiary/aromatic N) is 2. The van der Waals surface area contributed by atoms with Gasteiger partial charge in [-0.3, -0.25) is 0 Å². The highest BCUT2D eigenvalue weighted by Crippen LogP contribution is 2.38. The van der Waals surface area contributed by atoms with Crippen LogP contribution in [0.4, 0.5) is 4.79 Å². The van der Waals surface area contributed by atoms with Crippen LogP contribution in [-0.4, -0.2) is 52.7 Å². The second-order valence-electron chi connectivity index (χ2n) is 7.12. The first kappa shape index (κ1) is 15.6. The number of amides is 1. The Labute approximate surface area is 123 Å². The van der Waals surface area contributed by atoms with Crippen molar-refractivity contribution in [2.24, 2.45) is 0 Å². The topological polar surface area (TPSA) is 32.8 Å². The molecule has 1 amide bonds. The van der Waals surface area contributed by atoms with Crippen molar-refractivity contribution in [3.8, 4) is 0 Å². The fourth-order valence-electron chi connectivity index (χ4n) is 3.80. The van der Waals surface area contributed by atoms with E-state index in [0.717, 1.165) is 38.8 Å². The van der Waals surface area contributed by atoms with Crippen molar-refractivity contribution in [1.29, 1.82) is 0 Å². The highest BCUT2D eigenvalue weighted by Gasteiger charge is 2.45. The number of fused-ring (bicyclic) bond motifs is 2. The standard InChI is InChI=1S/C16H30N2O2/c1-6-17(7-2)14-10-12-8-9-13(11-14)18(12)15(19)20-16(3,4)5/h12-14H,6-11H2,1-5H3/t12-,13+,14+. The zero-order valence-electron chi connectivity index (χ0n) is 13.7. The molecule has 0 spiro atoms. The fourth-order valence-corrected chi connectivity index (χ4v) is 3.80. The van der Waals surface area contributed by atoms with E-state index >= 15 is 0 Å². The Morgan fingerprint density at radius 3 is 2.05 bits per heavy atom. The lowest BCUT2D eigenvalue weighted by atomic mass is 9.96. The minimum absolute atomic E-state index is 0.108. The van der Waals surface area contributed by atoms with E-state index in [1.54, 1.807) is 0 Å². The van der Waals surface area contributed by atoms with Gasteiger partial charge in [-0.15, -0.1) is 0 Å². The normalized spacial score (nSPS) is 29.9. The lowest BCUT2D eigenvalue weighted by Gasteiger charge is -2.43. The Kier molecular flexibility index (Phi) is 4.62. The Morgan fingerprint density at radius 1 is 1.15 bits per heavy atom. The Morgan fingerprint density at radius 2 is 1.65 bits per heavy atom. The van der Waals surface area contributed by atoms with Gasteiger partial charge in [0, 0.05) is 18.1 Å². The SMILES string of the molecule is CCN(CC)[C@H]1C[C@H]2CC[C@@H](C1)N2C(=O)OC(C)(C)C. The van der Waals surface area contributed by atoms with Crippen molar-refractivity contribution < 1.29 is 9.53 Å². The molecule has 2 aliphatic rings. The quantitative estimate of drug-likeness (QED) is 0.796. The predicted octanol–water partition coefficient (Wildman–Crippen LogP) is 3.26. The van der Waals surface area contributed by atoms with Gasteiger partial charge < -0.3 is 14.5 Å². The van der Waals surface area contributed by atoms with Gasteiger partial charge in [-0.1, -0.05) is 13.8 Å². The van der Waals surface area contributed by atoms with E-state index in [2.05, 4.69) is 18.7 Å². The van der Waals surface area contributed by atoms with Crippen LogP contribution in [0.3, 0.4) is 0 Å². The Balaban J connectivity index is 2.02.